The minimum atomic E-state index is -0.574. The van der Waals surface area contributed by atoms with Crippen LogP contribution >= 0.6 is 11.3 Å². The van der Waals surface area contributed by atoms with Crippen molar-refractivity contribution in [1.82, 2.24) is 19.7 Å². The molecule has 0 unspecified atom stereocenters. The van der Waals surface area contributed by atoms with Crippen molar-refractivity contribution in [2.45, 2.75) is 13.5 Å². The van der Waals surface area contributed by atoms with Gasteiger partial charge in [0.05, 0.1) is 22.3 Å². The van der Waals surface area contributed by atoms with Crippen LogP contribution < -0.4 is 10.9 Å². The summed E-state index contributed by atoms with van der Waals surface area (Å²) in [6.07, 6.45) is 1.27. The maximum absolute atomic E-state index is 13.8. The molecule has 2 aromatic carbocycles. The number of aryl methyl sites for hydroxylation is 1. The van der Waals surface area contributed by atoms with Gasteiger partial charge in [-0.05, 0) is 48.9 Å². The fourth-order valence-electron chi connectivity index (χ4n) is 3.41. The summed E-state index contributed by atoms with van der Waals surface area (Å²) in [5.74, 6) is -1.04. The van der Waals surface area contributed by atoms with Crippen LogP contribution in [-0.4, -0.2) is 25.6 Å². The Morgan fingerprint density at radius 2 is 1.91 bits per heavy atom. The third-order valence-corrected chi connectivity index (χ3v) is 6.29. The van der Waals surface area contributed by atoms with E-state index in [9.17, 15) is 18.4 Å². The van der Waals surface area contributed by atoms with Crippen LogP contribution in [0.15, 0.2) is 64.2 Å². The fourth-order valence-corrected chi connectivity index (χ4v) is 4.48. The van der Waals surface area contributed by atoms with E-state index in [0.717, 1.165) is 4.57 Å². The lowest BCUT2D eigenvalue weighted by molar-refractivity contribution is -0.116. The number of benzene rings is 2. The van der Waals surface area contributed by atoms with E-state index in [1.54, 1.807) is 13.0 Å². The molecule has 0 fully saturated rings. The third kappa shape index (κ3) is 3.97. The first-order valence-corrected chi connectivity index (χ1v) is 10.9. The summed E-state index contributed by atoms with van der Waals surface area (Å²) in [5.41, 5.74) is 0.760. The monoisotopic (exact) mass is 479 g/mol. The van der Waals surface area contributed by atoms with E-state index in [0.29, 0.717) is 26.2 Å². The first-order valence-electron chi connectivity index (χ1n) is 10.0. The number of fused-ring (bicyclic) bond motifs is 1. The van der Waals surface area contributed by atoms with Crippen molar-refractivity contribution in [3.05, 3.63) is 82.4 Å². The highest BCUT2D eigenvalue weighted by atomic mass is 32.1. The number of nitrogens with zero attached hydrogens (tertiary/aromatic N) is 4. The van der Waals surface area contributed by atoms with Gasteiger partial charge in [0.2, 0.25) is 11.7 Å². The summed E-state index contributed by atoms with van der Waals surface area (Å²) in [6.45, 7) is 1.39. The van der Waals surface area contributed by atoms with Gasteiger partial charge >= 0.3 is 0 Å². The second-order valence-corrected chi connectivity index (χ2v) is 8.37. The van der Waals surface area contributed by atoms with Crippen molar-refractivity contribution < 1.29 is 18.1 Å². The molecule has 3 heterocycles. The zero-order valence-electron chi connectivity index (χ0n) is 17.6. The highest BCUT2D eigenvalue weighted by Crippen LogP contribution is 2.35. The maximum atomic E-state index is 13.8. The first-order chi connectivity index (χ1) is 16.4. The van der Waals surface area contributed by atoms with Crippen molar-refractivity contribution in [2.75, 3.05) is 5.32 Å². The van der Waals surface area contributed by atoms with E-state index in [2.05, 4.69) is 20.4 Å². The molecule has 0 saturated heterocycles. The maximum Gasteiger partial charge on any atom is 0.268 e. The Morgan fingerprint density at radius 3 is 2.68 bits per heavy atom. The normalized spacial score (nSPS) is 11.1. The van der Waals surface area contributed by atoms with Crippen molar-refractivity contribution in [3.8, 4) is 22.2 Å². The molecule has 3 aromatic heterocycles. The van der Waals surface area contributed by atoms with Crippen LogP contribution in [-0.2, 0) is 11.3 Å². The molecule has 0 spiro atoms. The smallest absolute Gasteiger partial charge is 0.268 e. The zero-order valence-corrected chi connectivity index (χ0v) is 18.4. The quantitative estimate of drug-likeness (QED) is 0.401. The van der Waals surface area contributed by atoms with Gasteiger partial charge in [-0.3, -0.25) is 14.2 Å². The molecule has 5 aromatic rings. The van der Waals surface area contributed by atoms with Gasteiger partial charge in [-0.25, -0.2) is 13.8 Å². The summed E-state index contributed by atoms with van der Waals surface area (Å²) in [4.78, 5) is 35.1. The molecule has 0 aliphatic rings. The number of anilines is 1. The van der Waals surface area contributed by atoms with Crippen LogP contribution in [0.2, 0.25) is 0 Å². The van der Waals surface area contributed by atoms with E-state index < -0.39 is 17.3 Å². The number of amides is 1. The van der Waals surface area contributed by atoms with E-state index in [1.165, 1.54) is 60.1 Å². The summed E-state index contributed by atoms with van der Waals surface area (Å²) in [6, 6.07) is 11.4. The fraction of sp³-hybridized carbons (Fsp3) is 0.0870. The SMILES string of the molecule is Cc1c(-c2nc(-c3ccc(F)cc3)no2)sc2ncn(CC(=O)Nc3ccccc3F)c(=O)c12. The molecule has 0 atom stereocenters. The molecule has 0 aliphatic carbocycles. The highest BCUT2D eigenvalue weighted by Gasteiger charge is 2.21. The lowest BCUT2D eigenvalue weighted by Crippen LogP contribution is -2.28. The zero-order chi connectivity index (χ0) is 23.8. The molecule has 11 heteroatoms. The molecule has 0 saturated carbocycles. The van der Waals surface area contributed by atoms with Crippen LogP contribution in [0.25, 0.3) is 32.4 Å². The van der Waals surface area contributed by atoms with Crippen LogP contribution in [0.1, 0.15) is 5.56 Å². The Hall–Kier alpha value is -4.25. The van der Waals surface area contributed by atoms with Crippen LogP contribution in [0.3, 0.4) is 0 Å². The summed E-state index contributed by atoms with van der Waals surface area (Å²) < 4.78 is 33.5. The Morgan fingerprint density at radius 1 is 1.15 bits per heavy atom. The molecular weight excluding hydrogens is 464 g/mol. The van der Waals surface area contributed by atoms with Gasteiger partial charge in [0.1, 0.15) is 23.0 Å². The molecule has 0 aliphatic heterocycles. The molecule has 1 amide bonds. The number of aromatic nitrogens is 4. The molecule has 8 nitrogen and oxygen atoms in total. The number of para-hydroxylation sites is 1. The molecule has 34 heavy (non-hydrogen) atoms. The minimum Gasteiger partial charge on any atom is -0.333 e. The van der Waals surface area contributed by atoms with Gasteiger partial charge in [0.15, 0.2) is 0 Å². The Labute approximate surface area is 194 Å². The number of carbonyl (C=O) groups is 1. The second kappa shape index (κ2) is 8.60. The topological polar surface area (TPSA) is 103 Å². The minimum absolute atomic E-state index is 0.0249. The number of thiophene rings is 1. The van der Waals surface area contributed by atoms with Crippen LogP contribution in [0.4, 0.5) is 14.5 Å². The molecule has 5 rings (SSSR count). The highest BCUT2D eigenvalue weighted by molar-refractivity contribution is 7.22. The number of rotatable bonds is 5. The Kier molecular flexibility index (Phi) is 5.46. The lowest BCUT2D eigenvalue weighted by Gasteiger charge is -2.08. The molecular formula is C23H15F2N5O3S. The predicted octanol–water partition coefficient (Wildman–Crippen LogP) is 4.40. The van der Waals surface area contributed by atoms with Gasteiger partial charge in [-0.2, -0.15) is 4.98 Å². The lowest BCUT2D eigenvalue weighted by atomic mass is 10.2. The first kappa shape index (κ1) is 21.6. The standard InChI is InChI=1S/C23H15F2N5O3S/c1-12-18-22(34-19(12)21-28-20(29-33-21)13-6-8-14(24)9-7-13)26-11-30(23(18)32)10-17(31)27-16-5-3-2-4-15(16)25/h2-9,11H,10H2,1H3,(H,27,31). The van der Waals surface area contributed by atoms with E-state index in [1.807, 2.05) is 0 Å². The predicted molar refractivity (Wildman–Crippen MR) is 122 cm³/mol. The molecule has 0 bridgehead atoms. The van der Waals surface area contributed by atoms with Gasteiger partial charge in [-0.15, -0.1) is 11.3 Å². The van der Waals surface area contributed by atoms with E-state index in [-0.39, 0.29) is 29.8 Å². The van der Waals surface area contributed by atoms with E-state index in [4.69, 9.17) is 4.52 Å². The summed E-state index contributed by atoms with van der Waals surface area (Å²) in [5, 5.41) is 6.71. The molecule has 1 N–H and O–H groups in total. The van der Waals surface area contributed by atoms with Crippen molar-refractivity contribution in [1.29, 1.82) is 0 Å². The number of halogens is 2. The van der Waals surface area contributed by atoms with Gasteiger partial charge < -0.3 is 9.84 Å². The van der Waals surface area contributed by atoms with Crippen molar-refractivity contribution in [3.63, 3.8) is 0 Å². The average Bonchev–Trinajstić information content (AvgIpc) is 3.43. The van der Waals surface area contributed by atoms with Crippen LogP contribution in [0, 0.1) is 18.6 Å². The second-order valence-electron chi connectivity index (χ2n) is 7.37. The van der Waals surface area contributed by atoms with E-state index >= 15 is 0 Å². The van der Waals surface area contributed by atoms with Crippen LogP contribution in [0.5, 0.6) is 0 Å². The molecule has 170 valence electrons. The van der Waals surface area contributed by atoms with Crippen molar-refractivity contribution in [2.24, 2.45) is 0 Å². The Balaban J connectivity index is 1.44. The summed E-state index contributed by atoms with van der Waals surface area (Å²) in [7, 11) is 0. The van der Waals surface area contributed by atoms with Gasteiger partial charge in [0.25, 0.3) is 11.4 Å². The van der Waals surface area contributed by atoms with Gasteiger partial charge in [0, 0.05) is 5.56 Å². The number of hydrogen-bond donors (Lipinski definition) is 1. The largest absolute Gasteiger partial charge is 0.333 e. The molecule has 0 radical (unpaired) electrons. The summed E-state index contributed by atoms with van der Waals surface area (Å²) >= 11 is 1.20. The third-order valence-electron chi connectivity index (χ3n) is 5.10. The van der Waals surface area contributed by atoms with Gasteiger partial charge in [-0.1, -0.05) is 17.3 Å². The number of hydrogen-bond acceptors (Lipinski definition) is 7. The average molecular weight is 479 g/mol. The number of carbonyl (C=O) groups excluding carboxylic acids is 1. The number of nitrogens with one attached hydrogen (secondary N) is 1. The Bertz CT molecular complexity index is 1590. The van der Waals surface area contributed by atoms with Crippen molar-refractivity contribution >= 4 is 33.1 Å².